The van der Waals surface area contributed by atoms with E-state index in [4.69, 9.17) is 9.52 Å². The van der Waals surface area contributed by atoms with Gasteiger partial charge in [0.1, 0.15) is 5.82 Å². The molecule has 0 bridgehead atoms. The van der Waals surface area contributed by atoms with E-state index in [1.54, 1.807) is 42.9 Å². The van der Waals surface area contributed by atoms with Gasteiger partial charge in [-0.2, -0.15) is 0 Å². The van der Waals surface area contributed by atoms with Crippen molar-refractivity contribution >= 4 is 22.7 Å². The van der Waals surface area contributed by atoms with Crippen LogP contribution in [-0.2, 0) is 6.54 Å². The molecule has 2 aromatic heterocycles. The maximum Gasteiger partial charge on any atom is 0.336 e. The molecular weight excluding hydrogens is 256 g/mol. The molecule has 2 N–H and O–H groups in total. The van der Waals surface area contributed by atoms with Crippen LogP contribution < -0.4 is 5.32 Å². The lowest BCUT2D eigenvalue weighted by Gasteiger charge is -2.06. The number of carbonyl (C=O) groups is 1. The van der Waals surface area contributed by atoms with Gasteiger partial charge in [0.15, 0.2) is 0 Å². The van der Waals surface area contributed by atoms with Crippen LogP contribution in [0.2, 0.25) is 0 Å². The van der Waals surface area contributed by atoms with Gasteiger partial charge < -0.3 is 14.8 Å². The fourth-order valence-electron chi connectivity index (χ4n) is 2.03. The Labute approximate surface area is 114 Å². The molecule has 1 aromatic carbocycles. The summed E-state index contributed by atoms with van der Waals surface area (Å²) < 4.78 is 4.99. The highest BCUT2D eigenvalue weighted by atomic mass is 16.4. The standard InChI is InChI=1S/C15H12N2O3/c18-15(19)12-2-1-3-13-11(12)4-5-14(17-13)16-8-10-6-7-20-9-10/h1-7,9H,8H2,(H,16,17)(H,18,19). The molecular formula is C15H12N2O3. The molecule has 0 atom stereocenters. The lowest BCUT2D eigenvalue weighted by atomic mass is 10.1. The number of aromatic nitrogens is 1. The van der Waals surface area contributed by atoms with Crippen LogP contribution >= 0.6 is 0 Å². The summed E-state index contributed by atoms with van der Waals surface area (Å²) >= 11 is 0. The molecule has 20 heavy (non-hydrogen) atoms. The first-order valence-corrected chi connectivity index (χ1v) is 6.12. The van der Waals surface area contributed by atoms with Gasteiger partial charge in [0.05, 0.1) is 23.6 Å². The van der Waals surface area contributed by atoms with Crippen LogP contribution in [0.1, 0.15) is 15.9 Å². The van der Waals surface area contributed by atoms with Crippen LogP contribution in [0.4, 0.5) is 5.82 Å². The monoisotopic (exact) mass is 268 g/mol. The molecule has 2 heterocycles. The minimum atomic E-state index is -0.948. The number of aromatic carboxylic acids is 1. The Kier molecular flexibility index (Phi) is 3.09. The molecule has 100 valence electrons. The van der Waals surface area contributed by atoms with E-state index in [0.717, 1.165) is 5.56 Å². The van der Waals surface area contributed by atoms with Gasteiger partial charge in [-0.15, -0.1) is 0 Å². The van der Waals surface area contributed by atoms with Crippen molar-refractivity contribution in [3.63, 3.8) is 0 Å². The molecule has 5 heteroatoms. The van der Waals surface area contributed by atoms with E-state index in [9.17, 15) is 4.79 Å². The Hall–Kier alpha value is -2.82. The average molecular weight is 268 g/mol. The van der Waals surface area contributed by atoms with Gasteiger partial charge in [-0.3, -0.25) is 0 Å². The van der Waals surface area contributed by atoms with Gasteiger partial charge in [0, 0.05) is 17.5 Å². The second-order valence-electron chi connectivity index (χ2n) is 4.36. The Morgan fingerprint density at radius 1 is 1.25 bits per heavy atom. The number of hydrogen-bond acceptors (Lipinski definition) is 4. The molecule has 0 saturated heterocycles. The smallest absolute Gasteiger partial charge is 0.336 e. The van der Waals surface area contributed by atoms with Crippen molar-refractivity contribution in [3.8, 4) is 0 Å². The number of furan rings is 1. The zero-order chi connectivity index (χ0) is 13.9. The predicted octanol–water partition coefficient (Wildman–Crippen LogP) is 3.14. The van der Waals surface area contributed by atoms with Crippen molar-refractivity contribution < 1.29 is 14.3 Å². The summed E-state index contributed by atoms with van der Waals surface area (Å²) in [6.45, 7) is 0.605. The highest BCUT2D eigenvalue weighted by Gasteiger charge is 2.08. The third kappa shape index (κ3) is 2.33. The van der Waals surface area contributed by atoms with E-state index in [2.05, 4.69) is 10.3 Å². The Balaban J connectivity index is 1.89. The maximum atomic E-state index is 11.1. The summed E-state index contributed by atoms with van der Waals surface area (Å²) in [5.74, 6) is -0.252. The molecule has 0 fully saturated rings. The number of nitrogens with zero attached hydrogens (tertiary/aromatic N) is 1. The van der Waals surface area contributed by atoms with Gasteiger partial charge in [-0.1, -0.05) is 6.07 Å². The van der Waals surface area contributed by atoms with E-state index >= 15 is 0 Å². The van der Waals surface area contributed by atoms with Gasteiger partial charge in [-0.25, -0.2) is 9.78 Å². The third-order valence-corrected chi connectivity index (χ3v) is 3.02. The quantitative estimate of drug-likeness (QED) is 0.760. The minimum Gasteiger partial charge on any atom is -0.478 e. The molecule has 3 aromatic rings. The zero-order valence-corrected chi connectivity index (χ0v) is 10.5. The van der Waals surface area contributed by atoms with Crippen LogP contribution in [0.15, 0.2) is 53.3 Å². The summed E-state index contributed by atoms with van der Waals surface area (Å²) in [6.07, 6.45) is 3.28. The lowest BCUT2D eigenvalue weighted by molar-refractivity contribution is 0.0699. The van der Waals surface area contributed by atoms with E-state index in [1.807, 2.05) is 6.07 Å². The van der Waals surface area contributed by atoms with Crippen LogP contribution in [-0.4, -0.2) is 16.1 Å². The molecule has 0 aliphatic heterocycles. The number of pyridine rings is 1. The number of carboxylic acids is 1. The largest absolute Gasteiger partial charge is 0.478 e. The summed E-state index contributed by atoms with van der Waals surface area (Å²) in [5.41, 5.74) is 1.93. The molecule has 0 amide bonds. The Bertz CT molecular complexity index is 751. The molecule has 0 aliphatic carbocycles. The normalized spacial score (nSPS) is 10.6. The lowest BCUT2D eigenvalue weighted by Crippen LogP contribution is -2.02. The zero-order valence-electron chi connectivity index (χ0n) is 10.5. The van der Waals surface area contributed by atoms with Crippen LogP contribution in [0.25, 0.3) is 10.9 Å². The van der Waals surface area contributed by atoms with Gasteiger partial charge >= 0.3 is 5.97 Å². The molecule has 0 unspecified atom stereocenters. The minimum absolute atomic E-state index is 0.261. The van der Waals surface area contributed by atoms with Gasteiger partial charge in [-0.05, 0) is 30.3 Å². The highest BCUT2D eigenvalue weighted by Crippen LogP contribution is 2.19. The van der Waals surface area contributed by atoms with Crippen molar-refractivity contribution in [2.45, 2.75) is 6.54 Å². The van der Waals surface area contributed by atoms with Crippen LogP contribution in [0, 0.1) is 0 Å². The van der Waals surface area contributed by atoms with Crippen molar-refractivity contribution in [2.75, 3.05) is 5.32 Å². The first-order valence-electron chi connectivity index (χ1n) is 6.12. The van der Waals surface area contributed by atoms with Gasteiger partial charge in [0.25, 0.3) is 0 Å². The molecule has 0 saturated carbocycles. The van der Waals surface area contributed by atoms with Crippen molar-refractivity contribution in [1.82, 2.24) is 4.98 Å². The molecule has 5 nitrogen and oxygen atoms in total. The number of fused-ring (bicyclic) bond motifs is 1. The number of hydrogen-bond donors (Lipinski definition) is 2. The average Bonchev–Trinajstić information content (AvgIpc) is 2.97. The second kappa shape index (κ2) is 5.05. The first kappa shape index (κ1) is 12.2. The van der Waals surface area contributed by atoms with E-state index in [1.165, 1.54) is 0 Å². The fraction of sp³-hybridized carbons (Fsp3) is 0.0667. The second-order valence-corrected chi connectivity index (χ2v) is 4.36. The maximum absolute atomic E-state index is 11.1. The summed E-state index contributed by atoms with van der Waals surface area (Å²) in [7, 11) is 0. The molecule has 0 radical (unpaired) electrons. The van der Waals surface area contributed by atoms with Crippen molar-refractivity contribution in [2.24, 2.45) is 0 Å². The SMILES string of the molecule is O=C(O)c1cccc2nc(NCc3ccoc3)ccc12. The van der Waals surface area contributed by atoms with E-state index < -0.39 is 5.97 Å². The number of nitrogens with one attached hydrogen (secondary N) is 1. The van der Waals surface area contributed by atoms with Crippen molar-refractivity contribution in [3.05, 3.63) is 60.1 Å². The van der Waals surface area contributed by atoms with Crippen LogP contribution in [0.5, 0.6) is 0 Å². The summed E-state index contributed by atoms with van der Waals surface area (Å²) in [6, 6.07) is 10.5. The molecule has 0 spiro atoms. The number of carboxylic acid groups (broad SMARTS) is 1. The number of rotatable bonds is 4. The van der Waals surface area contributed by atoms with Crippen molar-refractivity contribution in [1.29, 1.82) is 0 Å². The topological polar surface area (TPSA) is 75.4 Å². The fourth-order valence-corrected chi connectivity index (χ4v) is 2.03. The van der Waals surface area contributed by atoms with E-state index in [-0.39, 0.29) is 5.56 Å². The molecule has 0 aliphatic rings. The van der Waals surface area contributed by atoms with Crippen LogP contribution in [0.3, 0.4) is 0 Å². The number of benzene rings is 1. The van der Waals surface area contributed by atoms with E-state index in [0.29, 0.717) is 23.3 Å². The Morgan fingerprint density at radius 3 is 2.90 bits per heavy atom. The molecule has 3 rings (SSSR count). The third-order valence-electron chi connectivity index (χ3n) is 3.02. The summed E-state index contributed by atoms with van der Waals surface area (Å²) in [4.78, 5) is 15.5. The first-order chi connectivity index (χ1) is 9.74. The predicted molar refractivity (Wildman–Crippen MR) is 74.7 cm³/mol. The number of anilines is 1. The highest BCUT2D eigenvalue weighted by molar-refractivity contribution is 6.02. The summed E-state index contributed by atoms with van der Waals surface area (Å²) in [5, 5.41) is 12.9. The Morgan fingerprint density at radius 2 is 2.15 bits per heavy atom. The van der Waals surface area contributed by atoms with Gasteiger partial charge in [0.2, 0.25) is 0 Å².